The zero-order valence-electron chi connectivity index (χ0n) is 20.7. The number of carbonyl (C=O) groups excluding carboxylic acids is 2. The van der Waals surface area contributed by atoms with Crippen LogP contribution in [0.25, 0.3) is 0 Å². The average Bonchev–Trinajstić information content (AvgIpc) is 2.80. The number of hydrogen-bond donors (Lipinski definition) is 2. The van der Waals surface area contributed by atoms with Crippen molar-refractivity contribution < 1.29 is 14.3 Å². The molecule has 0 bridgehead atoms. The predicted octanol–water partition coefficient (Wildman–Crippen LogP) is 5.53. The number of benzene rings is 3. The van der Waals surface area contributed by atoms with Gasteiger partial charge in [-0.05, 0) is 62.1 Å². The molecule has 0 radical (unpaired) electrons. The van der Waals surface area contributed by atoms with Crippen molar-refractivity contribution in [1.29, 1.82) is 0 Å². The molecule has 3 aromatic rings. The SMILES string of the molecule is Cc1cccc(C)c1NC(=O)CN(CCOc1ccccc1Cl)CC(=O)Nc1c(C)cccc1C. The molecule has 0 aliphatic carbocycles. The van der Waals surface area contributed by atoms with Gasteiger partial charge in [0.1, 0.15) is 12.4 Å². The zero-order valence-corrected chi connectivity index (χ0v) is 21.4. The Bertz CT molecular complexity index is 1090. The Kier molecular flexibility index (Phi) is 9.29. The fourth-order valence-corrected chi connectivity index (χ4v) is 4.04. The lowest BCUT2D eigenvalue weighted by Crippen LogP contribution is -2.41. The molecular weight excluding hydrogens is 462 g/mol. The van der Waals surface area contributed by atoms with Crippen LogP contribution in [0, 0.1) is 27.7 Å². The number of ether oxygens (including phenoxy) is 1. The third-order valence-electron chi connectivity index (χ3n) is 5.73. The fraction of sp³-hybridized carbons (Fsp3) is 0.286. The molecule has 35 heavy (non-hydrogen) atoms. The molecule has 0 unspecified atom stereocenters. The number of para-hydroxylation sites is 3. The molecule has 184 valence electrons. The molecule has 3 rings (SSSR count). The monoisotopic (exact) mass is 493 g/mol. The van der Waals surface area contributed by atoms with Crippen molar-refractivity contribution in [3.8, 4) is 5.75 Å². The third kappa shape index (κ3) is 7.57. The van der Waals surface area contributed by atoms with Crippen molar-refractivity contribution in [3.05, 3.63) is 87.9 Å². The summed E-state index contributed by atoms with van der Waals surface area (Å²) in [5, 5.41) is 6.50. The first-order chi connectivity index (χ1) is 16.7. The highest BCUT2D eigenvalue weighted by Crippen LogP contribution is 2.23. The van der Waals surface area contributed by atoms with Gasteiger partial charge in [0.2, 0.25) is 11.8 Å². The van der Waals surface area contributed by atoms with Crippen LogP contribution in [0.4, 0.5) is 11.4 Å². The molecule has 0 fully saturated rings. The van der Waals surface area contributed by atoms with Gasteiger partial charge in [-0.1, -0.05) is 60.1 Å². The number of nitrogens with one attached hydrogen (secondary N) is 2. The maximum absolute atomic E-state index is 12.9. The summed E-state index contributed by atoms with van der Waals surface area (Å²) in [6.07, 6.45) is 0. The highest BCUT2D eigenvalue weighted by molar-refractivity contribution is 6.32. The second-order valence-corrected chi connectivity index (χ2v) is 9.03. The zero-order chi connectivity index (χ0) is 25.4. The average molecular weight is 494 g/mol. The maximum atomic E-state index is 12.9. The lowest BCUT2D eigenvalue weighted by molar-refractivity contribution is -0.120. The lowest BCUT2D eigenvalue weighted by atomic mass is 10.1. The first-order valence-electron chi connectivity index (χ1n) is 11.6. The molecule has 7 heteroatoms. The third-order valence-corrected chi connectivity index (χ3v) is 6.04. The van der Waals surface area contributed by atoms with Crippen LogP contribution in [-0.4, -0.2) is 43.0 Å². The van der Waals surface area contributed by atoms with E-state index in [9.17, 15) is 9.59 Å². The summed E-state index contributed by atoms with van der Waals surface area (Å²) in [6, 6.07) is 18.9. The lowest BCUT2D eigenvalue weighted by Gasteiger charge is -2.23. The molecule has 0 atom stereocenters. The maximum Gasteiger partial charge on any atom is 0.238 e. The van der Waals surface area contributed by atoms with Crippen LogP contribution in [-0.2, 0) is 9.59 Å². The van der Waals surface area contributed by atoms with Crippen LogP contribution < -0.4 is 15.4 Å². The second-order valence-electron chi connectivity index (χ2n) is 8.62. The standard InChI is InChI=1S/C28H32ClN3O3/c1-19-9-7-10-20(2)27(19)30-25(33)17-32(15-16-35-24-14-6-5-13-23(24)29)18-26(34)31-28-21(3)11-8-12-22(28)4/h5-14H,15-18H2,1-4H3,(H,30,33)(H,31,34). The van der Waals surface area contributed by atoms with Crippen molar-refractivity contribution in [2.75, 3.05) is 36.9 Å². The van der Waals surface area contributed by atoms with Crippen molar-refractivity contribution in [1.82, 2.24) is 4.90 Å². The van der Waals surface area contributed by atoms with E-state index in [1.807, 2.05) is 76.2 Å². The molecule has 6 nitrogen and oxygen atoms in total. The van der Waals surface area contributed by atoms with Gasteiger partial charge >= 0.3 is 0 Å². The summed E-state index contributed by atoms with van der Waals surface area (Å²) in [4.78, 5) is 27.6. The molecule has 0 spiro atoms. The minimum absolute atomic E-state index is 0.0415. The van der Waals surface area contributed by atoms with Gasteiger partial charge in [-0.2, -0.15) is 0 Å². The largest absolute Gasteiger partial charge is 0.491 e. The van der Waals surface area contributed by atoms with E-state index < -0.39 is 0 Å². The Hall–Kier alpha value is -3.35. The van der Waals surface area contributed by atoms with Gasteiger partial charge in [-0.25, -0.2) is 0 Å². The molecular formula is C28H32ClN3O3. The number of nitrogens with zero attached hydrogens (tertiary/aromatic N) is 1. The van der Waals surface area contributed by atoms with E-state index in [0.717, 1.165) is 33.6 Å². The Morgan fingerprint density at radius 3 is 1.66 bits per heavy atom. The minimum Gasteiger partial charge on any atom is -0.491 e. The van der Waals surface area contributed by atoms with E-state index in [1.165, 1.54) is 0 Å². The van der Waals surface area contributed by atoms with Crippen LogP contribution in [0.2, 0.25) is 5.02 Å². The summed E-state index contributed by atoms with van der Waals surface area (Å²) >= 11 is 6.18. The van der Waals surface area contributed by atoms with Gasteiger partial charge in [0.15, 0.2) is 0 Å². The van der Waals surface area contributed by atoms with Crippen molar-refractivity contribution in [2.24, 2.45) is 0 Å². The Morgan fingerprint density at radius 1 is 0.743 bits per heavy atom. The van der Waals surface area contributed by atoms with Gasteiger partial charge in [-0.3, -0.25) is 14.5 Å². The van der Waals surface area contributed by atoms with Gasteiger partial charge in [0.25, 0.3) is 0 Å². The topological polar surface area (TPSA) is 70.7 Å². The number of aryl methyl sites for hydroxylation is 4. The molecule has 0 heterocycles. The highest BCUT2D eigenvalue weighted by atomic mass is 35.5. The van der Waals surface area contributed by atoms with Gasteiger partial charge in [0, 0.05) is 17.9 Å². The van der Waals surface area contributed by atoms with Gasteiger partial charge < -0.3 is 15.4 Å². The first kappa shape index (κ1) is 26.3. The smallest absolute Gasteiger partial charge is 0.238 e. The number of rotatable bonds is 10. The number of amides is 2. The van der Waals surface area contributed by atoms with E-state index in [-0.39, 0.29) is 31.5 Å². The van der Waals surface area contributed by atoms with Gasteiger partial charge in [0.05, 0.1) is 18.1 Å². The van der Waals surface area contributed by atoms with Crippen molar-refractivity contribution in [3.63, 3.8) is 0 Å². The number of carbonyl (C=O) groups is 2. The molecule has 2 N–H and O–H groups in total. The second kappa shape index (κ2) is 12.4. The molecule has 3 aromatic carbocycles. The van der Waals surface area contributed by atoms with Crippen LogP contribution in [0.5, 0.6) is 5.75 Å². The van der Waals surface area contributed by atoms with Crippen molar-refractivity contribution in [2.45, 2.75) is 27.7 Å². The molecule has 0 aliphatic heterocycles. The molecule has 0 saturated heterocycles. The molecule has 0 aliphatic rings. The minimum atomic E-state index is -0.194. The van der Waals surface area contributed by atoms with Crippen LogP contribution in [0.1, 0.15) is 22.3 Å². The van der Waals surface area contributed by atoms with Crippen molar-refractivity contribution >= 4 is 34.8 Å². The van der Waals surface area contributed by atoms with E-state index in [0.29, 0.717) is 17.3 Å². The molecule has 2 amide bonds. The summed E-state index contributed by atoms with van der Waals surface area (Å²) < 4.78 is 5.81. The summed E-state index contributed by atoms with van der Waals surface area (Å²) in [5.41, 5.74) is 5.54. The molecule has 0 saturated carbocycles. The number of halogens is 1. The summed E-state index contributed by atoms with van der Waals surface area (Å²) in [7, 11) is 0. The van der Waals surface area contributed by atoms with E-state index in [2.05, 4.69) is 10.6 Å². The Balaban J connectivity index is 1.68. The van der Waals surface area contributed by atoms with Crippen LogP contribution in [0.3, 0.4) is 0 Å². The number of anilines is 2. The fourth-order valence-electron chi connectivity index (χ4n) is 3.85. The van der Waals surface area contributed by atoms with E-state index >= 15 is 0 Å². The van der Waals surface area contributed by atoms with Crippen LogP contribution in [0.15, 0.2) is 60.7 Å². The summed E-state index contributed by atoms with van der Waals surface area (Å²) in [6.45, 7) is 8.54. The van der Waals surface area contributed by atoms with Crippen LogP contribution >= 0.6 is 11.6 Å². The predicted molar refractivity (Wildman–Crippen MR) is 142 cm³/mol. The number of hydrogen-bond acceptors (Lipinski definition) is 4. The highest BCUT2D eigenvalue weighted by Gasteiger charge is 2.17. The Morgan fingerprint density at radius 2 is 1.20 bits per heavy atom. The van der Waals surface area contributed by atoms with Gasteiger partial charge in [-0.15, -0.1) is 0 Å². The first-order valence-corrected chi connectivity index (χ1v) is 11.9. The quantitative estimate of drug-likeness (QED) is 0.389. The molecule has 0 aromatic heterocycles. The summed E-state index contributed by atoms with van der Waals surface area (Å²) in [5.74, 6) is 0.175. The van der Waals surface area contributed by atoms with E-state index in [1.54, 1.807) is 17.0 Å². The Labute approximate surface area is 212 Å². The van der Waals surface area contributed by atoms with E-state index in [4.69, 9.17) is 16.3 Å². The normalized spacial score (nSPS) is 10.8.